The standard InChI is InChI=1S/C12H16BrN3O3S/c1-10(17)15-3-2-4-16(6-5-15)20(18,19)12-7-11(13)8-14-9-12/h7-9H,2-6H2,1H3. The molecule has 20 heavy (non-hydrogen) atoms. The maximum Gasteiger partial charge on any atom is 0.244 e. The van der Waals surface area contributed by atoms with Gasteiger partial charge in [0.1, 0.15) is 4.90 Å². The summed E-state index contributed by atoms with van der Waals surface area (Å²) in [6.45, 7) is 3.25. The van der Waals surface area contributed by atoms with Gasteiger partial charge < -0.3 is 4.90 Å². The normalized spacial score (nSPS) is 17.8. The van der Waals surface area contributed by atoms with Crippen LogP contribution in [0.2, 0.25) is 0 Å². The van der Waals surface area contributed by atoms with Crippen LogP contribution in [0.1, 0.15) is 13.3 Å². The molecule has 0 aromatic carbocycles. The minimum atomic E-state index is -3.55. The van der Waals surface area contributed by atoms with E-state index in [0.29, 0.717) is 37.1 Å². The Bertz CT molecular complexity index is 606. The van der Waals surface area contributed by atoms with Crippen LogP contribution in [-0.2, 0) is 14.8 Å². The molecule has 6 nitrogen and oxygen atoms in total. The van der Waals surface area contributed by atoms with Crippen LogP contribution in [0.25, 0.3) is 0 Å². The summed E-state index contributed by atoms with van der Waals surface area (Å²) >= 11 is 3.22. The van der Waals surface area contributed by atoms with Gasteiger partial charge in [-0.3, -0.25) is 9.78 Å². The van der Waals surface area contributed by atoms with Gasteiger partial charge in [0.25, 0.3) is 0 Å². The molecule has 0 saturated carbocycles. The fourth-order valence-corrected chi connectivity index (χ4v) is 4.11. The molecule has 1 aliphatic heterocycles. The molecular formula is C12H16BrN3O3S. The highest BCUT2D eigenvalue weighted by molar-refractivity contribution is 9.10. The quantitative estimate of drug-likeness (QED) is 0.790. The van der Waals surface area contributed by atoms with Crippen molar-refractivity contribution in [1.82, 2.24) is 14.2 Å². The Labute approximate surface area is 127 Å². The van der Waals surface area contributed by atoms with Crippen molar-refractivity contribution in [3.05, 3.63) is 22.9 Å². The highest BCUT2D eigenvalue weighted by Crippen LogP contribution is 2.20. The molecule has 0 radical (unpaired) electrons. The first kappa shape index (κ1) is 15.4. The Morgan fingerprint density at radius 1 is 1.25 bits per heavy atom. The number of pyridine rings is 1. The lowest BCUT2D eigenvalue weighted by molar-refractivity contribution is -0.128. The maximum atomic E-state index is 12.5. The Morgan fingerprint density at radius 2 is 2.00 bits per heavy atom. The Morgan fingerprint density at radius 3 is 2.65 bits per heavy atom. The van der Waals surface area contributed by atoms with Crippen molar-refractivity contribution in [2.75, 3.05) is 26.2 Å². The maximum absolute atomic E-state index is 12.5. The first-order valence-corrected chi connectivity index (χ1v) is 8.51. The first-order chi connectivity index (χ1) is 9.41. The zero-order valence-electron chi connectivity index (χ0n) is 11.1. The Kier molecular flexibility index (Phi) is 4.77. The number of amides is 1. The largest absolute Gasteiger partial charge is 0.342 e. The SMILES string of the molecule is CC(=O)N1CCCN(S(=O)(=O)c2cncc(Br)c2)CC1. The van der Waals surface area contributed by atoms with E-state index in [0.717, 1.165) is 0 Å². The second-order valence-corrected chi connectivity index (χ2v) is 7.46. The molecule has 1 saturated heterocycles. The number of hydrogen-bond acceptors (Lipinski definition) is 4. The smallest absolute Gasteiger partial charge is 0.244 e. The third-order valence-corrected chi connectivity index (χ3v) is 5.52. The van der Waals surface area contributed by atoms with Crippen LogP contribution >= 0.6 is 15.9 Å². The van der Waals surface area contributed by atoms with Gasteiger partial charge in [0.05, 0.1) is 0 Å². The summed E-state index contributed by atoms with van der Waals surface area (Å²) in [5, 5.41) is 0. The van der Waals surface area contributed by atoms with Gasteiger partial charge in [-0.15, -0.1) is 0 Å². The molecule has 2 rings (SSSR count). The number of sulfonamides is 1. The van der Waals surface area contributed by atoms with Gasteiger partial charge in [-0.25, -0.2) is 8.42 Å². The van der Waals surface area contributed by atoms with Gasteiger partial charge in [-0.2, -0.15) is 4.31 Å². The zero-order chi connectivity index (χ0) is 14.8. The fraction of sp³-hybridized carbons (Fsp3) is 0.500. The summed E-state index contributed by atoms with van der Waals surface area (Å²) in [5.41, 5.74) is 0. The highest BCUT2D eigenvalue weighted by Gasteiger charge is 2.27. The molecule has 2 heterocycles. The van der Waals surface area contributed by atoms with E-state index in [1.807, 2.05) is 0 Å². The number of halogens is 1. The van der Waals surface area contributed by atoms with Crippen molar-refractivity contribution < 1.29 is 13.2 Å². The van der Waals surface area contributed by atoms with Gasteiger partial charge in [-0.1, -0.05) is 0 Å². The van der Waals surface area contributed by atoms with E-state index >= 15 is 0 Å². The predicted molar refractivity (Wildman–Crippen MR) is 77.6 cm³/mol. The van der Waals surface area contributed by atoms with Gasteiger partial charge in [-0.05, 0) is 28.4 Å². The van der Waals surface area contributed by atoms with Crippen molar-refractivity contribution >= 4 is 31.9 Å². The molecule has 0 N–H and O–H groups in total. The summed E-state index contributed by atoms with van der Waals surface area (Å²) in [4.78, 5) is 17.1. The molecule has 0 spiro atoms. The van der Waals surface area contributed by atoms with Crippen LogP contribution in [0.3, 0.4) is 0 Å². The van der Waals surface area contributed by atoms with Crippen LogP contribution in [0.5, 0.6) is 0 Å². The van der Waals surface area contributed by atoms with Crippen LogP contribution in [-0.4, -0.2) is 54.7 Å². The molecule has 1 aromatic rings. The average molecular weight is 362 g/mol. The summed E-state index contributed by atoms with van der Waals surface area (Å²) in [6.07, 6.45) is 3.52. The lowest BCUT2D eigenvalue weighted by atomic mass is 10.4. The highest BCUT2D eigenvalue weighted by atomic mass is 79.9. The summed E-state index contributed by atoms with van der Waals surface area (Å²) < 4.78 is 27.1. The van der Waals surface area contributed by atoms with Crippen LogP contribution in [0, 0.1) is 0 Å². The molecule has 110 valence electrons. The molecule has 8 heteroatoms. The molecular weight excluding hydrogens is 346 g/mol. The van der Waals surface area contributed by atoms with Gasteiger partial charge in [0, 0.05) is 50.0 Å². The summed E-state index contributed by atoms with van der Waals surface area (Å²) in [6, 6.07) is 1.54. The lowest BCUT2D eigenvalue weighted by Gasteiger charge is -2.21. The molecule has 0 aliphatic carbocycles. The van der Waals surface area contributed by atoms with Gasteiger partial charge in [0.2, 0.25) is 15.9 Å². The zero-order valence-corrected chi connectivity index (χ0v) is 13.5. The molecule has 1 amide bonds. The van der Waals surface area contributed by atoms with Gasteiger partial charge in [0.15, 0.2) is 0 Å². The predicted octanol–water partition coefficient (Wildman–Crippen LogP) is 1.09. The van der Waals surface area contributed by atoms with Crippen LogP contribution < -0.4 is 0 Å². The van der Waals surface area contributed by atoms with E-state index in [4.69, 9.17) is 0 Å². The second-order valence-electron chi connectivity index (χ2n) is 4.60. The van der Waals surface area contributed by atoms with E-state index in [1.165, 1.54) is 23.5 Å². The van der Waals surface area contributed by atoms with E-state index < -0.39 is 10.0 Å². The van der Waals surface area contributed by atoms with Gasteiger partial charge >= 0.3 is 0 Å². The number of rotatable bonds is 2. The Balaban J connectivity index is 2.20. The van der Waals surface area contributed by atoms with E-state index in [1.54, 1.807) is 11.1 Å². The monoisotopic (exact) mass is 361 g/mol. The van der Waals surface area contributed by atoms with E-state index in [9.17, 15) is 13.2 Å². The molecule has 0 atom stereocenters. The number of carbonyl (C=O) groups is 1. The lowest BCUT2D eigenvalue weighted by Crippen LogP contribution is -2.36. The van der Waals surface area contributed by atoms with Crippen molar-refractivity contribution in [1.29, 1.82) is 0 Å². The molecule has 0 bridgehead atoms. The average Bonchev–Trinajstić information content (AvgIpc) is 2.64. The van der Waals surface area contributed by atoms with Crippen molar-refractivity contribution in [2.24, 2.45) is 0 Å². The molecule has 0 unspecified atom stereocenters. The van der Waals surface area contributed by atoms with E-state index in [-0.39, 0.29) is 10.8 Å². The van der Waals surface area contributed by atoms with Crippen LogP contribution in [0.15, 0.2) is 27.8 Å². The number of aromatic nitrogens is 1. The molecule has 1 aliphatic rings. The summed E-state index contributed by atoms with van der Waals surface area (Å²) in [5.74, 6) is -0.0200. The van der Waals surface area contributed by atoms with Crippen LogP contribution in [0.4, 0.5) is 0 Å². The molecule has 1 fully saturated rings. The summed E-state index contributed by atoms with van der Waals surface area (Å²) in [7, 11) is -3.55. The van der Waals surface area contributed by atoms with Crippen molar-refractivity contribution in [3.63, 3.8) is 0 Å². The number of hydrogen-bond donors (Lipinski definition) is 0. The van der Waals surface area contributed by atoms with E-state index in [2.05, 4.69) is 20.9 Å². The first-order valence-electron chi connectivity index (χ1n) is 6.27. The third-order valence-electron chi connectivity index (χ3n) is 3.22. The fourth-order valence-electron chi connectivity index (χ4n) is 2.13. The second kappa shape index (κ2) is 6.19. The minimum absolute atomic E-state index is 0.0200. The topological polar surface area (TPSA) is 70.6 Å². The van der Waals surface area contributed by atoms with Crippen molar-refractivity contribution in [3.8, 4) is 0 Å². The Hall–Kier alpha value is -0.990. The number of nitrogens with zero attached hydrogens (tertiary/aromatic N) is 3. The number of carbonyl (C=O) groups excluding carboxylic acids is 1. The van der Waals surface area contributed by atoms with Crippen molar-refractivity contribution in [2.45, 2.75) is 18.2 Å². The third kappa shape index (κ3) is 3.36. The minimum Gasteiger partial charge on any atom is -0.342 e. The molecule has 1 aromatic heterocycles.